The third-order valence-corrected chi connectivity index (χ3v) is 13.4. The van der Waals surface area contributed by atoms with Gasteiger partial charge in [-0.2, -0.15) is 0 Å². The number of hydrogen-bond acceptors (Lipinski definition) is 6. The summed E-state index contributed by atoms with van der Waals surface area (Å²) in [4.78, 5) is 38.2. The summed E-state index contributed by atoms with van der Waals surface area (Å²) in [5, 5.41) is 0. The lowest BCUT2D eigenvalue weighted by Crippen LogP contribution is -2.30. The molecule has 0 N–H and O–H groups in total. The van der Waals surface area contributed by atoms with Gasteiger partial charge in [0.1, 0.15) is 13.2 Å². The van der Waals surface area contributed by atoms with Gasteiger partial charge in [0.25, 0.3) is 0 Å². The predicted octanol–water partition coefficient (Wildman–Crippen LogP) is 21.1. The van der Waals surface area contributed by atoms with E-state index in [4.69, 9.17) is 14.2 Å². The maximum Gasteiger partial charge on any atom is 0.306 e. The molecule has 0 aromatic heterocycles. The second-order valence-corrected chi connectivity index (χ2v) is 20.6. The summed E-state index contributed by atoms with van der Waals surface area (Å²) in [5.74, 6) is -0.903. The molecule has 73 heavy (non-hydrogen) atoms. The molecule has 0 fully saturated rings. The van der Waals surface area contributed by atoms with Crippen molar-refractivity contribution in [2.75, 3.05) is 13.2 Å². The van der Waals surface area contributed by atoms with Crippen molar-refractivity contribution in [1.29, 1.82) is 0 Å². The quantitative estimate of drug-likeness (QED) is 0.0261. The van der Waals surface area contributed by atoms with Gasteiger partial charge in [0.15, 0.2) is 6.10 Å². The first-order valence-electron chi connectivity index (χ1n) is 31.1. The molecule has 0 aromatic carbocycles. The van der Waals surface area contributed by atoms with Gasteiger partial charge >= 0.3 is 17.9 Å². The molecule has 0 aliphatic heterocycles. The highest BCUT2D eigenvalue weighted by atomic mass is 16.6. The Morgan fingerprint density at radius 1 is 0.288 bits per heavy atom. The first kappa shape index (κ1) is 69.6. The van der Waals surface area contributed by atoms with E-state index in [1.165, 1.54) is 154 Å². The van der Waals surface area contributed by atoms with Crippen LogP contribution in [0.1, 0.15) is 303 Å². The Hall–Kier alpha value is -3.41. The zero-order valence-electron chi connectivity index (χ0n) is 48.1. The molecule has 0 aliphatic carbocycles. The molecule has 1 unspecified atom stereocenters. The molecule has 0 heterocycles. The Kier molecular flexibility index (Phi) is 58.3. The van der Waals surface area contributed by atoms with E-state index in [9.17, 15) is 14.4 Å². The molecular formula is C67H116O6. The number of hydrogen-bond donors (Lipinski definition) is 0. The standard InChI is InChI=1S/C67H116O6/c1-4-7-10-13-16-19-22-25-27-29-30-31-32-33-34-35-36-38-39-42-45-48-51-54-57-60-66(69)72-63-64(62-71-65(68)59-56-53-50-47-44-41-24-21-18-15-12-9-6-3)73-67(70)61-58-55-52-49-46-43-40-37-28-26-23-20-17-14-11-8-5-2/h8,11,17,20,22,25-26,28-30,32-33,40,43,64H,4-7,9-10,12-16,18-19,21,23-24,27,31,34-39,41-42,44-63H2,1-3H3/b11-8-,20-17-,25-22-,28-26-,30-29-,33-32-,43-40-. The van der Waals surface area contributed by atoms with Gasteiger partial charge in [0.05, 0.1) is 0 Å². The van der Waals surface area contributed by atoms with Crippen molar-refractivity contribution >= 4 is 17.9 Å². The molecule has 6 nitrogen and oxygen atoms in total. The van der Waals surface area contributed by atoms with Crippen LogP contribution in [0.2, 0.25) is 0 Å². The molecule has 1 atom stereocenters. The summed E-state index contributed by atoms with van der Waals surface area (Å²) in [6.07, 6.45) is 80.1. The monoisotopic (exact) mass is 1020 g/mol. The molecule has 0 aliphatic rings. The number of esters is 3. The van der Waals surface area contributed by atoms with E-state index in [2.05, 4.69) is 106 Å². The highest BCUT2D eigenvalue weighted by Crippen LogP contribution is 2.16. The van der Waals surface area contributed by atoms with Crippen LogP contribution in [0.25, 0.3) is 0 Å². The van der Waals surface area contributed by atoms with Crippen molar-refractivity contribution in [3.05, 3.63) is 85.1 Å². The summed E-state index contributed by atoms with van der Waals surface area (Å²) in [6.45, 7) is 6.52. The van der Waals surface area contributed by atoms with Crippen molar-refractivity contribution in [3.63, 3.8) is 0 Å². The van der Waals surface area contributed by atoms with Crippen LogP contribution in [0.15, 0.2) is 85.1 Å². The Bertz CT molecular complexity index is 1400. The summed E-state index contributed by atoms with van der Waals surface area (Å²) in [7, 11) is 0. The summed E-state index contributed by atoms with van der Waals surface area (Å²) < 4.78 is 16.9. The second kappa shape index (κ2) is 61.1. The molecule has 0 radical (unpaired) electrons. The number of carbonyl (C=O) groups is 3. The van der Waals surface area contributed by atoms with Gasteiger partial charge in [-0.3, -0.25) is 14.4 Å². The molecule has 0 amide bonds. The topological polar surface area (TPSA) is 78.9 Å². The maximum atomic E-state index is 12.9. The fourth-order valence-electron chi connectivity index (χ4n) is 8.74. The average molecular weight is 1020 g/mol. The lowest BCUT2D eigenvalue weighted by Gasteiger charge is -2.18. The lowest BCUT2D eigenvalue weighted by atomic mass is 10.0. The van der Waals surface area contributed by atoms with E-state index in [1.54, 1.807) is 0 Å². The Morgan fingerprint density at radius 3 is 0.836 bits per heavy atom. The molecule has 0 rings (SSSR count). The lowest BCUT2D eigenvalue weighted by molar-refractivity contribution is -0.167. The van der Waals surface area contributed by atoms with Gasteiger partial charge in [-0.1, -0.05) is 273 Å². The van der Waals surface area contributed by atoms with Gasteiger partial charge in [-0.05, 0) is 96.3 Å². The third kappa shape index (κ3) is 59.3. The number of rotatable bonds is 56. The highest BCUT2D eigenvalue weighted by Gasteiger charge is 2.19. The van der Waals surface area contributed by atoms with Crippen molar-refractivity contribution in [3.8, 4) is 0 Å². The fourth-order valence-corrected chi connectivity index (χ4v) is 8.74. The van der Waals surface area contributed by atoms with E-state index in [0.717, 1.165) is 109 Å². The van der Waals surface area contributed by atoms with Crippen LogP contribution in [-0.4, -0.2) is 37.2 Å². The number of ether oxygens (including phenoxy) is 3. The van der Waals surface area contributed by atoms with E-state index in [1.807, 2.05) is 0 Å². The van der Waals surface area contributed by atoms with Gasteiger partial charge in [-0.25, -0.2) is 0 Å². The SMILES string of the molecule is CC/C=C\C/C=C\C/C=C\C/C=C\CCCCCCC(=O)OC(COC(=O)CCCCCCCCCCCC/C=C\C/C=C\C/C=C\CCCCCCC)COC(=O)CCCCCCCCCCCCCCC. The van der Waals surface area contributed by atoms with Gasteiger partial charge in [-0.15, -0.1) is 0 Å². The number of carbonyl (C=O) groups excluding carboxylic acids is 3. The van der Waals surface area contributed by atoms with Crippen LogP contribution < -0.4 is 0 Å². The minimum Gasteiger partial charge on any atom is -0.462 e. The number of unbranched alkanes of at least 4 members (excludes halogenated alkanes) is 31. The number of allylic oxidation sites excluding steroid dienone is 14. The molecule has 6 heteroatoms. The van der Waals surface area contributed by atoms with E-state index in [0.29, 0.717) is 19.3 Å². The van der Waals surface area contributed by atoms with Crippen LogP contribution in [0, 0.1) is 0 Å². The Labute approximate surface area is 452 Å². The van der Waals surface area contributed by atoms with Gasteiger partial charge in [0.2, 0.25) is 0 Å². The zero-order chi connectivity index (χ0) is 52.9. The normalized spacial score (nSPS) is 12.6. The van der Waals surface area contributed by atoms with Crippen molar-refractivity contribution < 1.29 is 28.6 Å². The van der Waals surface area contributed by atoms with E-state index < -0.39 is 6.10 Å². The molecular weight excluding hydrogens is 901 g/mol. The minimum atomic E-state index is -0.791. The zero-order valence-corrected chi connectivity index (χ0v) is 48.1. The second-order valence-electron chi connectivity index (χ2n) is 20.6. The maximum absolute atomic E-state index is 12.9. The molecule has 0 bridgehead atoms. The molecule has 0 spiro atoms. The predicted molar refractivity (Wildman–Crippen MR) is 316 cm³/mol. The molecule has 0 saturated heterocycles. The minimum absolute atomic E-state index is 0.0855. The summed E-state index contributed by atoms with van der Waals surface area (Å²) in [6, 6.07) is 0. The van der Waals surface area contributed by atoms with Crippen molar-refractivity contribution in [2.24, 2.45) is 0 Å². The van der Waals surface area contributed by atoms with E-state index >= 15 is 0 Å². The van der Waals surface area contributed by atoms with Crippen LogP contribution in [0.3, 0.4) is 0 Å². The smallest absolute Gasteiger partial charge is 0.306 e. The van der Waals surface area contributed by atoms with Crippen LogP contribution >= 0.6 is 0 Å². The molecule has 0 aromatic rings. The van der Waals surface area contributed by atoms with Gasteiger partial charge < -0.3 is 14.2 Å². The fraction of sp³-hybridized carbons (Fsp3) is 0.746. The van der Waals surface area contributed by atoms with Crippen LogP contribution in [0.5, 0.6) is 0 Å². The Balaban J connectivity index is 4.34. The van der Waals surface area contributed by atoms with Crippen LogP contribution in [0.4, 0.5) is 0 Å². The summed E-state index contributed by atoms with van der Waals surface area (Å²) in [5.41, 5.74) is 0. The van der Waals surface area contributed by atoms with Gasteiger partial charge in [0, 0.05) is 19.3 Å². The molecule has 0 saturated carbocycles. The highest BCUT2D eigenvalue weighted by molar-refractivity contribution is 5.71. The largest absolute Gasteiger partial charge is 0.462 e. The average Bonchev–Trinajstić information content (AvgIpc) is 3.39. The van der Waals surface area contributed by atoms with Crippen molar-refractivity contribution in [1.82, 2.24) is 0 Å². The van der Waals surface area contributed by atoms with Crippen molar-refractivity contribution in [2.45, 2.75) is 309 Å². The van der Waals surface area contributed by atoms with Crippen LogP contribution in [-0.2, 0) is 28.6 Å². The molecule has 420 valence electrons. The Morgan fingerprint density at radius 2 is 0.534 bits per heavy atom. The summed E-state index contributed by atoms with van der Waals surface area (Å²) >= 11 is 0. The first-order valence-corrected chi connectivity index (χ1v) is 31.1. The third-order valence-electron chi connectivity index (χ3n) is 13.4. The van der Waals surface area contributed by atoms with E-state index in [-0.39, 0.29) is 31.1 Å². The first-order chi connectivity index (χ1) is 36.0.